The third-order valence-electron chi connectivity index (χ3n) is 1.54. The summed E-state index contributed by atoms with van der Waals surface area (Å²) in [6.07, 6.45) is 5.49. The highest BCUT2D eigenvalue weighted by Gasteiger charge is 2.07. The number of hydrogen-bond acceptors (Lipinski definition) is 2. The first-order valence-electron chi connectivity index (χ1n) is 3.91. The van der Waals surface area contributed by atoms with Gasteiger partial charge in [-0.1, -0.05) is 18.2 Å². The summed E-state index contributed by atoms with van der Waals surface area (Å²) in [5, 5.41) is 8.27. The normalized spacial score (nSPS) is 21.9. The largest absolute Gasteiger partial charge is 0.480 e. The summed E-state index contributed by atoms with van der Waals surface area (Å²) in [7, 11) is 0. The highest BCUT2D eigenvalue weighted by molar-refractivity contribution is 5.81. The first kappa shape index (κ1) is 9.64. The van der Waals surface area contributed by atoms with Gasteiger partial charge in [0.2, 0.25) is 0 Å². The Labute approximate surface area is 75.3 Å². The van der Waals surface area contributed by atoms with Gasteiger partial charge < -0.3 is 5.11 Å². The van der Waals surface area contributed by atoms with Crippen molar-refractivity contribution in [2.45, 2.75) is 12.6 Å². The van der Waals surface area contributed by atoms with E-state index in [1.807, 2.05) is 0 Å². The van der Waals surface area contributed by atoms with Crippen molar-refractivity contribution in [3.63, 3.8) is 0 Å². The van der Waals surface area contributed by atoms with E-state index in [1.165, 1.54) is 12.3 Å². The molecule has 1 N–H and O–H groups in total. The molecule has 0 heterocycles. The van der Waals surface area contributed by atoms with Crippen molar-refractivity contribution in [3.8, 4) is 0 Å². The van der Waals surface area contributed by atoms with E-state index >= 15 is 0 Å². The number of aliphatic imine (C=N–C) groups is 1. The van der Waals surface area contributed by atoms with Crippen molar-refractivity contribution in [2.75, 3.05) is 6.54 Å². The van der Waals surface area contributed by atoms with Crippen LogP contribution in [-0.2, 0) is 4.79 Å². The number of alkyl halides is 1. The summed E-state index contributed by atoms with van der Waals surface area (Å²) in [6.45, 7) is -0.266. The zero-order valence-corrected chi connectivity index (χ0v) is 6.98. The van der Waals surface area contributed by atoms with Gasteiger partial charge in [-0.15, -0.1) is 0 Å². The van der Waals surface area contributed by atoms with Crippen molar-refractivity contribution in [3.05, 3.63) is 23.8 Å². The SMILES string of the molecule is O=C(O)CN=CC1=CC=CC(F)C1. The quantitative estimate of drug-likeness (QED) is 0.672. The van der Waals surface area contributed by atoms with Crippen LogP contribution >= 0.6 is 0 Å². The molecule has 1 unspecified atom stereocenters. The molecule has 0 aromatic heterocycles. The minimum Gasteiger partial charge on any atom is -0.480 e. The monoisotopic (exact) mass is 183 g/mol. The molecule has 0 aromatic rings. The molecule has 13 heavy (non-hydrogen) atoms. The second-order valence-electron chi connectivity index (χ2n) is 2.71. The Balaban J connectivity index is 2.45. The van der Waals surface area contributed by atoms with Crippen LogP contribution < -0.4 is 0 Å². The van der Waals surface area contributed by atoms with Gasteiger partial charge in [0.05, 0.1) is 0 Å². The summed E-state index contributed by atoms with van der Waals surface area (Å²) in [5.74, 6) is -0.986. The molecule has 0 spiro atoms. The lowest BCUT2D eigenvalue weighted by Crippen LogP contribution is -2.04. The molecule has 4 heteroatoms. The number of rotatable bonds is 3. The average Bonchev–Trinajstić information content (AvgIpc) is 2.03. The van der Waals surface area contributed by atoms with Gasteiger partial charge in [0.15, 0.2) is 0 Å². The number of aliphatic carboxylic acids is 1. The van der Waals surface area contributed by atoms with Crippen LogP contribution in [-0.4, -0.2) is 30.0 Å². The van der Waals surface area contributed by atoms with E-state index in [0.29, 0.717) is 0 Å². The van der Waals surface area contributed by atoms with Crippen LogP contribution in [0.1, 0.15) is 6.42 Å². The Bertz CT molecular complexity index is 281. The Morgan fingerprint density at radius 1 is 1.85 bits per heavy atom. The van der Waals surface area contributed by atoms with Gasteiger partial charge in [0, 0.05) is 12.6 Å². The highest BCUT2D eigenvalue weighted by atomic mass is 19.1. The van der Waals surface area contributed by atoms with Crippen molar-refractivity contribution < 1.29 is 14.3 Å². The third-order valence-corrected chi connectivity index (χ3v) is 1.54. The maximum Gasteiger partial charge on any atom is 0.325 e. The molecule has 0 bridgehead atoms. The number of carboxylic acid groups (broad SMARTS) is 1. The van der Waals surface area contributed by atoms with Crippen LogP contribution in [0.3, 0.4) is 0 Å². The minimum absolute atomic E-state index is 0.266. The third kappa shape index (κ3) is 3.64. The van der Waals surface area contributed by atoms with Crippen LogP contribution in [0.2, 0.25) is 0 Å². The second-order valence-corrected chi connectivity index (χ2v) is 2.71. The molecule has 70 valence electrons. The van der Waals surface area contributed by atoms with E-state index in [1.54, 1.807) is 12.2 Å². The van der Waals surface area contributed by atoms with Crippen LogP contribution in [0.5, 0.6) is 0 Å². The number of allylic oxidation sites excluding steroid dienone is 4. The molecular weight excluding hydrogens is 173 g/mol. The number of halogens is 1. The van der Waals surface area contributed by atoms with Gasteiger partial charge in [-0.3, -0.25) is 9.79 Å². The van der Waals surface area contributed by atoms with Crippen molar-refractivity contribution in [1.29, 1.82) is 0 Å². The van der Waals surface area contributed by atoms with Crippen LogP contribution in [0.4, 0.5) is 4.39 Å². The lowest BCUT2D eigenvalue weighted by Gasteiger charge is -2.06. The zero-order chi connectivity index (χ0) is 9.68. The standard InChI is InChI=1S/C9H10FNO2/c10-8-3-1-2-7(4-8)5-11-6-9(12)13/h1-3,5,8H,4,6H2,(H,12,13). The molecule has 0 radical (unpaired) electrons. The Morgan fingerprint density at radius 2 is 2.62 bits per heavy atom. The van der Waals surface area contributed by atoms with E-state index < -0.39 is 12.1 Å². The van der Waals surface area contributed by atoms with E-state index in [-0.39, 0.29) is 13.0 Å². The predicted octanol–water partition coefficient (Wildman–Crippen LogP) is 1.37. The number of carboxylic acids is 1. The molecule has 0 amide bonds. The van der Waals surface area contributed by atoms with E-state index in [9.17, 15) is 9.18 Å². The van der Waals surface area contributed by atoms with E-state index in [4.69, 9.17) is 5.11 Å². The Kier molecular flexibility index (Phi) is 3.37. The molecule has 0 aromatic carbocycles. The van der Waals surface area contributed by atoms with Crippen LogP contribution in [0, 0.1) is 0 Å². The fraction of sp³-hybridized carbons (Fsp3) is 0.333. The summed E-state index contributed by atoms with van der Waals surface area (Å²) in [4.78, 5) is 13.7. The first-order valence-corrected chi connectivity index (χ1v) is 3.91. The van der Waals surface area contributed by atoms with Gasteiger partial charge in [-0.2, -0.15) is 0 Å². The van der Waals surface area contributed by atoms with E-state index in [0.717, 1.165) is 5.57 Å². The van der Waals surface area contributed by atoms with Gasteiger partial charge in [-0.25, -0.2) is 4.39 Å². The molecule has 1 rings (SSSR count). The van der Waals surface area contributed by atoms with Crippen molar-refractivity contribution >= 4 is 12.2 Å². The second kappa shape index (κ2) is 4.54. The minimum atomic E-state index is -0.986. The maximum absolute atomic E-state index is 12.7. The van der Waals surface area contributed by atoms with Crippen molar-refractivity contribution in [2.24, 2.45) is 4.99 Å². The fourth-order valence-corrected chi connectivity index (χ4v) is 0.998. The van der Waals surface area contributed by atoms with Gasteiger partial charge in [0.1, 0.15) is 12.7 Å². The smallest absolute Gasteiger partial charge is 0.325 e. The zero-order valence-electron chi connectivity index (χ0n) is 6.98. The summed E-state index contributed by atoms with van der Waals surface area (Å²) < 4.78 is 12.7. The average molecular weight is 183 g/mol. The number of carbonyl (C=O) groups is 1. The summed E-state index contributed by atoms with van der Waals surface area (Å²) in [6, 6.07) is 0. The molecular formula is C9H10FNO2. The molecule has 0 saturated heterocycles. The Hall–Kier alpha value is -1.45. The summed E-state index contributed by atoms with van der Waals surface area (Å²) in [5.41, 5.74) is 0.719. The molecule has 0 saturated carbocycles. The lowest BCUT2D eigenvalue weighted by atomic mass is 10.1. The van der Waals surface area contributed by atoms with Gasteiger partial charge >= 0.3 is 5.97 Å². The van der Waals surface area contributed by atoms with Crippen LogP contribution in [0.15, 0.2) is 28.8 Å². The number of nitrogens with zero attached hydrogens (tertiary/aromatic N) is 1. The first-order chi connectivity index (χ1) is 6.18. The molecule has 0 fully saturated rings. The van der Waals surface area contributed by atoms with Crippen molar-refractivity contribution in [1.82, 2.24) is 0 Å². The number of hydrogen-bond donors (Lipinski definition) is 1. The van der Waals surface area contributed by atoms with Crippen LogP contribution in [0.25, 0.3) is 0 Å². The van der Waals surface area contributed by atoms with Gasteiger partial charge in [0.25, 0.3) is 0 Å². The predicted molar refractivity (Wildman–Crippen MR) is 47.7 cm³/mol. The Morgan fingerprint density at radius 3 is 3.23 bits per heavy atom. The molecule has 1 aliphatic carbocycles. The summed E-state index contributed by atoms with van der Waals surface area (Å²) >= 11 is 0. The van der Waals surface area contributed by atoms with E-state index in [2.05, 4.69) is 4.99 Å². The fourth-order valence-electron chi connectivity index (χ4n) is 0.998. The van der Waals surface area contributed by atoms with Gasteiger partial charge in [-0.05, 0) is 5.57 Å². The maximum atomic E-state index is 12.7. The molecule has 1 atom stereocenters. The molecule has 3 nitrogen and oxygen atoms in total. The molecule has 0 aliphatic heterocycles. The topological polar surface area (TPSA) is 49.7 Å². The molecule has 1 aliphatic rings. The highest BCUT2D eigenvalue weighted by Crippen LogP contribution is 2.13. The lowest BCUT2D eigenvalue weighted by molar-refractivity contribution is -0.135.